The van der Waals surface area contributed by atoms with Crippen LogP contribution in [0.5, 0.6) is 0 Å². The third-order valence-electron chi connectivity index (χ3n) is 2.80. The first-order chi connectivity index (χ1) is 9.05. The topological polar surface area (TPSA) is 100 Å². The van der Waals surface area contributed by atoms with Gasteiger partial charge in [-0.3, -0.25) is 5.84 Å². The van der Waals surface area contributed by atoms with E-state index in [1.165, 1.54) is 6.20 Å². The molecule has 4 N–H and O–H groups in total. The molecule has 1 rings (SSSR count). The number of pyridine rings is 1. The van der Waals surface area contributed by atoms with Crippen molar-refractivity contribution < 1.29 is 8.42 Å². The number of hydrazine groups is 1. The summed E-state index contributed by atoms with van der Waals surface area (Å²) in [6.07, 6.45) is 1.42. The average molecular weight is 287 g/mol. The van der Waals surface area contributed by atoms with Gasteiger partial charge in [-0.25, -0.2) is 18.1 Å². The molecular weight excluding hydrogens is 266 g/mol. The fraction of sp³-hybridized carbons (Fsp3) is 0.545. The van der Waals surface area contributed by atoms with Crippen LogP contribution in [0.4, 0.5) is 5.69 Å². The van der Waals surface area contributed by atoms with Crippen LogP contribution >= 0.6 is 0 Å². The Kier molecular flexibility index (Phi) is 6.16. The lowest BCUT2D eigenvalue weighted by atomic mass is 10.4. The Morgan fingerprint density at radius 3 is 2.63 bits per heavy atom. The quantitative estimate of drug-likeness (QED) is 0.459. The highest BCUT2D eigenvalue weighted by Crippen LogP contribution is 2.15. The zero-order valence-electron chi connectivity index (χ0n) is 11.3. The van der Waals surface area contributed by atoms with Gasteiger partial charge < -0.3 is 10.3 Å². The predicted molar refractivity (Wildman–Crippen MR) is 75.0 cm³/mol. The summed E-state index contributed by atoms with van der Waals surface area (Å²) >= 11 is 0. The molecule has 19 heavy (non-hydrogen) atoms. The molecule has 0 amide bonds. The van der Waals surface area contributed by atoms with Gasteiger partial charge in [-0.1, -0.05) is 13.8 Å². The van der Waals surface area contributed by atoms with E-state index in [4.69, 9.17) is 5.84 Å². The van der Waals surface area contributed by atoms with Crippen molar-refractivity contribution in [3.05, 3.63) is 18.3 Å². The summed E-state index contributed by atoms with van der Waals surface area (Å²) in [5.41, 5.74) is 2.61. The highest BCUT2D eigenvalue weighted by molar-refractivity contribution is 7.89. The summed E-state index contributed by atoms with van der Waals surface area (Å²) in [4.78, 5) is 5.98. The third kappa shape index (κ3) is 4.43. The van der Waals surface area contributed by atoms with E-state index in [0.717, 1.165) is 13.1 Å². The van der Waals surface area contributed by atoms with Crippen molar-refractivity contribution in [3.63, 3.8) is 0 Å². The maximum absolute atomic E-state index is 12.1. The van der Waals surface area contributed by atoms with Gasteiger partial charge in [0.1, 0.15) is 0 Å². The Bertz CT molecular complexity index is 488. The normalized spacial score (nSPS) is 11.8. The van der Waals surface area contributed by atoms with Crippen LogP contribution < -0.4 is 16.0 Å². The van der Waals surface area contributed by atoms with Crippen LogP contribution in [0.2, 0.25) is 0 Å². The van der Waals surface area contributed by atoms with Gasteiger partial charge in [0.25, 0.3) is 10.0 Å². The smallest absolute Gasteiger partial charge is 0.260 e. The molecule has 0 radical (unpaired) electrons. The van der Waals surface area contributed by atoms with Crippen molar-refractivity contribution in [2.24, 2.45) is 5.84 Å². The molecule has 0 fully saturated rings. The molecule has 0 aliphatic heterocycles. The lowest BCUT2D eigenvalue weighted by molar-refractivity contribution is 0.309. The second kappa shape index (κ2) is 7.39. The largest absolute Gasteiger partial charge is 0.321 e. The van der Waals surface area contributed by atoms with Gasteiger partial charge in [0, 0.05) is 19.3 Å². The fourth-order valence-electron chi connectivity index (χ4n) is 1.66. The molecule has 0 saturated heterocycles. The fourth-order valence-corrected chi connectivity index (χ4v) is 2.77. The number of nitrogens with one attached hydrogen (secondary N) is 2. The Labute approximate surface area is 114 Å². The molecule has 0 bridgehead atoms. The molecule has 1 heterocycles. The number of aromatic nitrogens is 1. The number of likely N-dealkylation sites (N-methyl/N-ethyl adjacent to an activating group) is 1. The molecule has 0 spiro atoms. The molecule has 0 atom stereocenters. The summed E-state index contributed by atoms with van der Waals surface area (Å²) < 4.78 is 26.7. The lowest BCUT2D eigenvalue weighted by Crippen LogP contribution is -2.35. The number of nitrogen functional groups attached to an aromatic ring is 1. The van der Waals surface area contributed by atoms with E-state index in [2.05, 4.69) is 20.0 Å². The minimum Gasteiger partial charge on any atom is -0.321 e. The Balaban J connectivity index is 2.71. The minimum absolute atomic E-state index is 0.0861. The van der Waals surface area contributed by atoms with Crippen LogP contribution in [0, 0.1) is 0 Å². The minimum atomic E-state index is -3.65. The second-order valence-corrected chi connectivity index (χ2v) is 5.61. The van der Waals surface area contributed by atoms with E-state index in [0.29, 0.717) is 13.1 Å². The Hall–Kier alpha value is -1.22. The van der Waals surface area contributed by atoms with Crippen LogP contribution in [0.15, 0.2) is 23.4 Å². The number of nitrogens with two attached hydrogens (primary N) is 1. The maximum Gasteiger partial charge on any atom is 0.260 e. The molecule has 0 aromatic carbocycles. The van der Waals surface area contributed by atoms with E-state index in [9.17, 15) is 8.42 Å². The molecular formula is C11H21N5O2S. The summed E-state index contributed by atoms with van der Waals surface area (Å²) in [6.45, 7) is 6.84. The number of hydrogen-bond acceptors (Lipinski definition) is 6. The number of rotatable bonds is 8. The monoisotopic (exact) mass is 287 g/mol. The molecule has 0 aliphatic carbocycles. The van der Waals surface area contributed by atoms with Gasteiger partial charge in [0.15, 0.2) is 5.03 Å². The first-order valence-electron chi connectivity index (χ1n) is 6.18. The summed E-state index contributed by atoms with van der Waals surface area (Å²) in [6, 6.07) is 3.18. The number of sulfonamides is 1. The van der Waals surface area contributed by atoms with Crippen molar-refractivity contribution >= 4 is 15.7 Å². The van der Waals surface area contributed by atoms with Gasteiger partial charge in [-0.2, -0.15) is 0 Å². The SMILES string of the molecule is CCN(CC)CCNS(=O)(=O)c1ncccc1NN. The van der Waals surface area contributed by atoms with Gasteiger partial charge in [-0.05, 0) is 25.2 Å². The Morgan fingerprint density at radius 2 is 2.05 bits per heavy atom. The van der Waals surface area contributed by atoms with Crippen molar-refractivity contribution in [1.82, 2.24) is 14.6 Å². The van der Waals surface area contributed by atoms with Crippen LogP contribution in [0.3, 0.4) is 0 Å². The van der Waals surface area contributed by atoms with Crippen LogP contribution in [0.25, 0.3) is 0 Å². The van der Waals surface area contributed by atoms with E-state index in [1.54, 1.807) is 12.1 Å². The first kappa shape index (κ1) is 15.8. The van der Waals surface area contributed by atoms with Crippen LogP contribution in [-0.4, -0.2) is 44.5 Å². The molecule has 8 heteroatoms. The Morgan fingerprint density at radius 1 is 1.37 bits per heavy atom. The zero-order chi connectivity index (χ0) is 14.3. The van der Waals surface area contributed by atoms with Gasteiger partial charge in [0.05, 0.1) is 5.69 Å². The average Bonchev–Trinajstić information content (AvgIpc) is 2.43. The van der Waals surface area contributed by atoms with E-state index in [-0.39, 0.29) is 10.7 Å². The molecule has 0 saturated carbocycles. The predicted octanol–water partition coefficient (Wildman–Crippen LogP) is -0.0127. The van der Waals surface area contributed by atoms with Gasteiger partial charge >= 0.3 is 0 Å². The van der Waals surface area contributed by atoms with Gasteiger partial charge in [-0.15, -0.1) is 0 Å². The van der Waals surface area contributed by atoms with E-state index < -0.39 is 10.0 Å². The van der Waals surface area contributed by atoms with Crippen molar-refractivity contribution in [3.8, 4) is 0 Å². The molecule has 7 nitrogen and oxygen atoms in total. The molecule has 108 valence electrons. The van der Waals surface area contributed by atoms with E-state index >= 15 is 0 Å². The highest BCUT2D eigenvalue weighted by atomic mass is 32.2. The molecule has 1 aromatic heterocycles. The lowest BCUT2D eigenvalue weighted by Gasteiger charge is -2.18. The zero-order valence-corrected chi connectivity index (χ0v) is 12.1. The summed E-state index contributed by atoms with van der Waals surface area (Å²) in [7, 11) is -3.65. The highest BCUT2D eigenvalue weighted by Gasteiger charge is 2.19. The van der Waals surface area contributed by atoms with Crippen molar-refractivity contribution in [2.75, 3.05) is 31.6 Å². The maximum atomic E-state index is 12.1. The standard InChI is InChI=1S/C11H21N5O2S/c1-3-16(4-2)9-8-14-19(17,18)11-10(15-12)6-5-7-13-11/h5-7,14-15H,3-4,8-9,12H2,1-2H3. The molecule has 0 aliphatic rings. The molecule has 1 aromatic rings. The second-order valence-electron chi connectivity index (χ2n) is 3.93. The number of nitrogens with zero attached hydrogens (tertiary/aromatic N) is 2. The van der Waals surface area contributed by atoms with E-state index in [1.807, 2.05) is 13.8 Å². The van der Waals surface area contributed by atoms with Crippen LogP contribution in [0.1, 0.15) is 13.8 Å². The molecule has 0 unspecified atom stereocenters. The summed E-state index contributed by atoms with van der Waals surface area (Å²) in [5.74, 6) is 5.28. The first-order valence-corrected chi connectivity index (χ1v) is 7.67. The van der Waals surface area contributed by atoms with Crippen molar-refractivity contribution in [2.45, 2.75) is 18.9 Å². The van der Waals surface area contributed by atoms with Crippen molar-refractivity contribution in [1.29, 1.82) is 0 Å². The summed E-state index contributed by atoms with van der Waals surface area (Å²) in [5, 5.41) is -0.0861. The van der Waals surface area contributed by atoms with Gasteiger partial charge in [0.2, 0.25) is 0 Å². The number of anilines is 1. The van der Waals surface area contributed by atoms with Crippen LogP contribution in [-0.2, 0) is 10.0 Å². The number of hydrogen-bond donors (Lipinski definition) is 3. The third-order valence-corrected chi connectivity index (χ3v) is 4.21.